The van der Waals surface area contributed by atoms with Gasteiger partial charge in [0.05, 0.1) is 36.0 Å². The maximum Gasteiger partial charge on any atom is 1.00 e. The Hall–Kier alpha value is -9.99. The Labute approximate surface area is 742 Å². The van der Waals surface area contributed by atoms with Gasteiger partial charge in [-0.15, -0.1) is 12.4 Å². The predicted molar refractivity (Wildman–Crippen MR) is 495 cm³/mol. The molecule has 3 N–H and O–H groups in total. The first-order chi connectivity index (χ1) is 56.1. The number of hydrogen-bond acceptors (Lipinski definition) is 10. The van der Waals surface area contributed by atoms with Gasteiger partial charge in [-0.1, -0.05) is 369 Å². The normalized spacial score (nSPS) is 16.4. The van der Waals surface area contributed by atoms with Crippen LogP contribution in [0.25, 0.3) is 12.2 Å². The maximum absolute atomic E-state index is 13.1. The van der Waals surface area contributed by atoms with Crippen LogP contribution in [0.5, 0.6) is 0 Å². The number of rotatable bonds is 28. The van der Waals surface area contributed by atoms with E-state index in [1.165, 1.54) is 55.6 Å². The molecule has 0 radical (unpaired) electrons. The van der Waals surface area contributed by atoms with Crippen LogP contribution in [-0.2, 0) is 61.6 Å². The van der Waals surface area contributed by atoms with Gasteiger partial charge >= 0.3 is 24.8 Å². The first kappa shape index (κ1) is 98.6. The summed E-state index contributed by atoms with van der Waals surface area (Å²) in [7, 11) is 0. The number of likely N-dealkylation sites (tertiary alicyclic amines) is 3. The molecule has 16 heteroatoms. The van der Waals surface area contributed by atoms with E-state index in [1.807, 2.05) is 152 Å². The van der Waals surface area contributed by atoms with Crippen molar-refractivity contribution in [1.29, 1.82) is 15.8 Å². The Bertz CT molecular complexity index is 4650. The van der Waals surface area contributed by atoms with E-state index in [9.17, 15) is 20.0 Å². The van der Waals surface area contributed by atoms with Crippen molar-refractivity contribution in [3.8, 4) is 18.2 Å². The molecule has 118 heavy (non-hydrogen) atoms. The van der Waals surface area contributed by atoms with E-state index in [-0.39, 0.29) is 87.1 Å². The molecule has 11 aromatic carbocycles. The van der Waals surface area contributed by atoms with Crippen molar-refractivity contribution in [3.05, 3.63) is 401 Å². The van der Waals surface area contributed by atoms with Crippen molar-refractivity contribution in [1.82, 2.24) is 24.9 Å². The average molecular weight is 1670 g/mol. The minimum atomic E-state index is -0.670. The number of nitriles is 3. The largest absolute Gasteiger partial charge is 1.00 e. The molecule has 0 aliphatic carbocycles. The molecular weight excluding hydrogens is 1550 g/mol. The summed E-state index contributed by atoms with van der Waals surface area (Å²) in [6.45, 7) is 11.9. The number of benzene rings is 11. The molecule has 0 aromatic heterocycles. The van der Waals surface area contributed by atoms with Gasteiger partial charge in [-0.2, -0.15) is 15.8 Å². The number of hydrogen-bond donors (Lipinski definition) is 3. The van der Waals surface area contributed by atoms with Crippen molar-refractivity contribution < 1.29 is 35.0 Å². The molecule has 3 fully saturated rings. The number of carbonyl (C=O) groups excluding carboxylic acids is 1. The number of para-hydroxylation sites is 1. The van der Waals surface area contributed by atoms with E-state index in [2.05, 4.69) is 271 Å². The first-order valence-electron chi connectivity index (χ1n) is 39.7. The quantitative estimate of drug-likeness (QED) is 0.0243. The molecule has 3 saturated heterocycles. The zero-order chi connectivity index (χ0) is 79.7. The van der Waals surface area contributed by atoms with Gasteiger partial charge in [-0.3, -0.25) is 29.2 Å². The van der Waals surface area contributed by atoms with Gasteiger partial charge in [0.15, 0.2) is 17.4 Å². The number of carboxylic acids is 1. The van der Waals surface area contributed by atoms with Crippen molar-refractivity contribution in [2.75, 3.05) is 69.5 Å². The molecule has 11 aromatic rings. The van der Waals surface area contributed by atoms with Gasteiger partial charge in [0, 0.05) is 115 Å². The smallest absolute Gasteiger partial charge is 1.00 e. The number of carboxylic acid groups (broad SMARTS) is 1. The van der Waals surface area contributed by atoms with E-state index < -0.39 is 5.97 Å². The van der Waals surface area contributed by atoms with E-state index in [0.29, 0.717) is 31.2 Å². The number of amides is 1. The Kier molecular flexibility index (Phi) is 49.1. The molecule has 2 unspecified atom stereocenters. The van der Waals surface area contributed by atoms with E-state index in [0.717, 1.165) is 115 Å². The maximum atomic E-state index is 13.1. The van der Waals surface area contributed by atoms with Crippen LogP contribution in [0.15, 0.2) is 346 Å². The second-order valence-corrected chi connectivity index (χ2v) is 29.7. The second-order valence-electron chi connectivity index (χ2n) is 29.0. The molecule has 0 saturated carbocycles. The first-order valence-corrected chi connectivity index (χ1v) is 40.8. The summed E-state index contributed by atoms with van der Waals surface area (Å²) in [6, 6.07) is 120. The van der Waals surface area contributed by atoms with Crippen LogP contribution >= 0.6 is 28.3 Å². The number of nitrogens with zero attached hydrogens (tertiary/aromatic N) is 7. The number of halogens is 2. The summed E-state index contributed by atoms with van der Waals surface area (Å²) in [5, 5.41) is 43.2. The van der Waals surface area contributed by atoms with Crippen LogP contribution in [0, 0.1) is 69.5 Å². The van der Waals surface area contributed by atoms with E-state index in [4.69, 9.17) is 10.5 Å². The molecule has 0 spiro atoms. The zero-order valence-electron chi connectivity index (χ0n) is 67.9. The van der Waals surface area contributed by atoms with Crippen LogP contribution in [-0.4, -0.2) is 118 Å². The van der Waals surface area contributed by atoms with Crippen molar-refractivity contribution >= 4 is 75.4 Å². The van der Waals surface area contributed by atoms with E-state index >= 15 is 0 Å². The molecular formula is C102H117AlBrClLiN9O3. The third-order valence-electron chi connectivity index (χ3n) is 20.2. The third-order valence-corrected chi connectivity index (χ3v) is 20.6. The van der Waals surface area contributed by atoms with Gasteiger partial charge < -0.3 is 17.2 Å². The van der Waals surface area contributed by atoms with Gasteiger partial charge in [-0.05, 0) is 105 Å². The SMILES string of the molecule is BrC/C=C/c1ccccc1.C.Cl.N#CC1CN(Cc2ccccc2)CC1Cc1ccccc1.N#CCCN(C/C=C/c1ccccc1)Cc1ccccc1.N#CCCNCc1ccccc1.O=C(Nc1ccccc1)[C@H]1CN(Cc2ccccc2)C[C@@H]1Cc1ccccc1.O=C(O)[C@H]1CN(Cc2ccccc2)C[C@@H]1Cc1ccccc1.[AlH3].[H-].[Li+]. The van der Waals surface area contributed by atoms with Crippen molar-refractivity contribution in [3.63, 3.8) is 0 Å². The summed E-state index contributed by atoms with van der Waals surface area (Å²) in [6.07, 6.45) is 12.4. The number of anilines is 1. The fraction of sp³-hybridized carbons (Fsp3) is 0.265. The summed E-state index contributed by atoms with van der Waals surface area (Å²) in [5.74, 6) is 0.265. The molecule has 3 aliphatic heterocycles. The Balaban J connectivity index is 0.000000305. The van der Waals surface area contributed by atoms with Gasteiger partial charge in [0.2, 0.25) is 5.91 Å². The fourth-order valence-electron chi connectivity index (χ4n) is 14.5. The summed E-state index contributed by atoms with van der Waals surface area (Å²) < 4.78 is 0. The number of aliphatic carboxylic acids is 1. The second kappa shape index (κ2) is 58.8. The minimum Gasteiger partial charge on any atom is -1.00 e. The van der Waals surface area contributed by atoms with E-state index in [1.54, 1.807) is 0 Å². The number of nitrogens with one attached hydrogen (secondary N) is 2. The van der Waals surface area contributed by atoms with Crippen LogP contribution in [0.4, 0.5) is 5.69 Å². The summed E-state index contributed by atoms with van der Waals surface area (Å²) >= 11 is 3.32. The summed E-state index contributed by atoms with van der Waals surface area (Å²) in [4.78, 5) is 34.0. The van der Waals surface area contributed by atoms with Crippen LogP contribution < -0.4 is 29.5 Å². The summed E-state index contributed by atoms with van der Waals surface area (Å²) in [5.41, 5.74) is 13.6. The molecule has 3 aliphatic rings. The Morgan fingerprint density at radius 2 is 0.780 bits per heavy atom. The van der Waals surface area contributed by atoms with Gasteiger partial charge in [-0.25, -0.2) is 0 Å². The van der Waals surface area contributed by atoms with Gasteiger partial charge in [0.25, 0.3) is 0 Å². The molecule has 3 heterocycles. The third kappa shape index (κ3) is 37.7. The minimum absolute atomic E-state index is 0. The fourth-order valence-corrected chi connectivity index (χ4v) is 14.7. The Morgan fingerprint density at radius 1 is 0.441 bits per heavy atom. The van der Waals surface area contributed by atoms with Crippen LogP contribution in [0.3, 0.4) is 0 Å². The van der Waals surface area contributed by atoms with Crippen LogP contribution in [0.2, 0.25) is 0 Å². The number of carbonyl (C=O) groups is 2. The number of allylic oxidation sites excluding steroid dienone is 1. The van der Waals surface area contributed by atoms with Crippen molar-refractivity contribution in [2.45, 2.75) is 72.3 Å². The molecule has 12 nitrogen and oxygen atoms in total. The monoisotopic (exact) mass is 1660 g/mol. The molecule has 606 valence electrons. The number of alkyl halides is 1. The zero-order valence-corrected chi connectivity index (χ0v) is 69.3. The molecule has 6 atom stereocenters. The van der Waals surface area contributed by atoms with Crippen LogP contribution in [0.1, 0.15) is 77.3 Å². The molecule has 0 bridgehead atoms. The topological polar surface area (TPSA) is 163 Å². The Morgan fingerprint density at radius 3 is 1.18 bits per heavy atom. The molecule has 1 amide bonds. The van der Waals surface area contributed by atoms with Gasteiger partial charge in [0.1, 0.15) is 0 Å². The molecule has 14 rings (SSSR count). The standard InChI is InChI=1S/C25H26N2O.2C19H20N2.C19H21NO2.C10H12N2.C9H9Br.CH4.Al.ClH.Li.4H/c28-25(26-23-14-8-3-9-15-23)24-19-27(17-21-12-6-2-7-13-21)18-22(24)16-20-10-4-1-5-11-20;20-12-19-15-21(13-17-9-5-2-6-10-17)14-18(19)11-16-7-3-1-4-8-16;20-14-8-16-21(17-19-11-5-2-6-12-19)15-7-13-18-9-3-1-4-10-18;21-19(22)18-14-20(12-16-9-5-2-6-10-16)13-17(18)11-15-7-3-1-4-8-15;11-7-4-8-12-9-10-5-2-1-3-6-10;10-8-4-7-9-5-2-1-3-6-9;;;;;;;;/h1-15,22,24H,16-19H2,(H,26,28);1-10,18-19H,11,13-15H2;1-7,9-13H,8,15-17H2;1-10,17-18H,11-14H2,(H,21,22);1-3,5-6,12H,4,8-9H2;1-7H,8H2;1H4;;1H;;;;;/q;;;;;;;;;+1;;;;-1/b;;13-7+;;;7-4+;;;;;;;;/t22-,24-;;;17-,18-;;;;;;;;;;/m0..0........../s1. The average Bonchev–Trinajstić information content (AvgIpc) is 1.69. The van der Waals surface area contributed by atoms with Crippen molar-refractivity contribution in [2.24, 2.45) is 35.5 Å². The predicted octanol–water partition coefficient (Wildman–Crippen LogP) is 17.1.